The van der Waals surface area contributed by atoms with Crippen LogP contribution in [-0.4, -0.2) is 19.7 Å². The van der Waals surface area contributed by atoms with Crippen LogP contribution in [0.25, 0.3) is 11.4 Å². The highest BCUT2D eigenvalue weighted by molar-refractivity contribution is 5.57. The van der Waals surface area contributed by atoms with E-state index < -0.39 is 0 Å². The number of aryl methyl sites for hydroxylation is 3. The van der Waals surface area contributed by atoms with Crippen molar-refractivity contribution in [3.05, 3.63) is 33.5 Å². The van der Waals surface area contributed by atoms with Crippen molar-refractivity contribution in [2.75, 3.05) is 0 Å². The molecule has 0 aliphatic rings. The van der Waals surface area contributed by atoms with E-state index in [1.807, 2.05) is 34.0 Å². The fourth-order valence-electron chi connectivity index (χ4n) is 2.15. The van der Waals surface area contributed by atoms with Crippen molar-refractivity contribution >= 4 is 0 Å². The van der Waals surface area contributed by atoms with Gasteiger partial charge in [-0.25, -0.2) is 4.98 Å². The summed E-state index contributed by atoms with van der Waals surface area (Å²) < 4.78 is 1.75. The summed E-state index contributed by atoms with van der Waals surface area (Å²) in [5.41, 5.74) is 3.35. The molecule has 0 spiro atoms. The summed E-state index contributed by atoms with van der Waals surface area (Å²) in [5, 5.41) is 4.36. The molecular formula is C13H18N4O. The summed E-state index contributed by atoms with van der Waals surface area (Å²) >= 11 is 0. The van der Waals surface area contributed by atoms with Gasteiger partial charge in [0.15, 0.2) is 0 Å². The van der Waals surface area contributed by atoms with Crippen LogP contribution in [0, 0.1) is 6.92 Å². The molecule has 0 saturated heterocycles. The van der Waals surface area contributed by atoms with Crippen molar-refractivity contribution in [2.45, 2.75) is 33.6 Å². The maximum absolute atomic E-state index is 11.9. The minimum atomic E-state index is -0.0501. The van der Waals surface area contributed by atoms with E-state index in [2.05, 4.69) is 15.1 Å². The van der Waals surface area contributed by atoms with Crippen molar-refractivity contribution < 1.29 is 0 Å². The Balaban J connectivity index is 2.61. The lowest BCUT2D eigenvalue weighted by Crippen LogP contribution is -2.16. The Morgan fingerprint density at radius 3 is 2.61 bits per heavy atom. The average Bonchev–Trinajstić information content (AvgIpc) is 2.70. The molecule has 0 aliphatic heterocycles. The molecule has 5 heteroatoms. The molecule has 0 amide bonds. The summed E-state index contributed by atoms with van der Waals surface area (Å²) in [5.74, 6) is 0.611. The molecule has 0 atom stereocenters. The highest BCUT2D eigenvalue weighted by atomic mass is 16.1. The molecule has 0 aliphatic carbocycles. The lowest BCUT2D eigenvalue weighted by Gasteiger charge is -2.05. The average molecular weight is 246 g/mol. The monoisotopic (exact) mass is 246 g/mol. The molecule has 5 nitrogen and oxygen atoms in total. The third kappa shape index (κ3) is 2.08. The molecule has 0 radical (unpaired) electrons. The van der Waals surface area contributed by atoms with Gasteiger partial charge in [0, 0.05) is 24.5 Å². The van der Waals surface area contributed by atoms with Crippen molar-refractivity contribution in [1.29, 1.82) is 0 Å². The van der Waals surface area contributed by atoms with Crippen LogP contribution in [0.15, 0.2) is 11.0 Å². The summed E-state index contributed by atoms with van der Waals surface area (Å²) in [7, 11) is 1.87. The number of nitrogens with zero attached hydrogens (tertiary/aromatic N) is 3. The summed E-state index contributed by atoms with van der Waals surface area (Å²) in [6.07, 6.45) is 3.40. The number of aromatic amines is 1. The summed E-state index contributed by atoms with van der Waals surface area (Å²) in [6, 6.07) is 0. The first-order chi connectivity index (χ1) is 8.56. The zero-order valence-corrected chi connectivity index (χ0v) is 11.2. The molecule has 0 fully saturated rings. The largest absolute Gasteiger partial charge is 0.306 e. The molecule has 0 bridgehead atoms. The molecule has 0 saturated carbocycles. The Kier molecular flexibility index (Phi) is 3.32. The van der Waals surface area contributed by atoms with Crippen LogP contribution in [0.2, 0.25) is 0 Å². The lowest BCUT2D eigenvalue weighted by molar-refractivity contribution is 0.746. The second-order valence-electron chi connectivity index (χ2n) is 4.35. The number of rotatable bonds is 3. The number of nitrogens with one attached hydrogen (secondary N) is 1. The third-order valence-corrected chi connectivity index (χ3v) is 3.07. The van der Waals surface area contributed by atoms with Crippen LogP contribution in [0.4, 0.5) is 0 Å². The lowest BCUT2D eigenvalue weighted by atomic mass is 10.1. The minimum absolute atomic E-state index is 0.0501. The van der Waals surface area contributed by atoms with Gasteiger partial charge in [-0.05, 0) is 19.8 Å². The SMILES string of the molecule is CCc1nn(C)cc1-c1nc(C)c(CC)c(=O)[nH]1. The van der Waals surface area contributed by atoms with Crippen LogP contribution >= 0.6 is 0 Å². The first-order valence-corrected chi connectivity index (χ1v) is 6.19. The fraction of sp³-hybridized carbons (Fsp3) is 0.462. The van der Waals surface area contributed by atoms with Crippen molar-refractivity contribution in [3.63, 3.8) is 0 Å². The van der Waals surface area contributed by atoms with E-state index in [9.17, 15) is 4.79 Å². The molecule has 1 N–H and O–H groups in total. The molecule has 2 heterocycles. The summed E-state index contributed by atoms with van der Waals surface area (Å²) in [6.45, 7) is 5.87. The second-order valence-corrected chi connectivity index (χ2v) is 4.35. The van der Waals surface area contributed by atoms with E-state index in [1.54, 1.807) is 4.68 Å². The maximum atomic E-state index is 11.9. The Morgan fingerprint density at radius 1 is 1.33 bits per heavy atom. The molecule has 0 unspecified atom stereocenters. The normalized spacial score (nSPS) is 10.9. The summed E-state index contributed by atoms with van der Waals surface area (Å²) in [4.78, 5) is 19.3. The zero-order valence-electron chi connectivity index (χ0n) is 11.2. The first-order valence-electron chi connectivity index (χ1n) is 6.19. The van der Waals surface area contributed by atoms with Gasteiger partial charge in [0.05, 0.1) is 11.3 Å². The predicted octanol–water partition coefficient (Wildman–Crippen LogP) is 1.60. The van der Waals surface area contributed by atoms with E-state index in [-0.39, 0.29) is 5.56 Å². The molecule has 96 valence electrons. The van der Waals surface area contributed by atoms with Gasteiger partial charge in [-0.2, -0.15) is 5.10 Å². The minimum Gasteiger partial charge on any atom is -0.306 e. The van der Waals surface area contributed by atoms with E-state index in [0.29, 0.717) is 12.2 Å². The highest BCUT2D eigenvalue weighted by Gasteiger charge is 2.13. The molecular weight excluding hydrogens is 228 g/mol. The highest BCUT2D eigenvalue weighted by Crippen LogP contribution is 2.19. The van der Waals surface area contributed by atoms with E-state index in [4.69, 9.17) is 0 Å². The smallest absolute Gasteiger partial charge is 0.254 e. The van der Waals surface area contributed by atoms with Gasteiger partial charge in [0.2, 0.25) is 0 Å². The second kappa shape index (κ2) is 4.76. The Morgan fingerprint density at radius 2 is 2.06 bits per heavy atom. The van der Waals surface area contributed by atoms with Gasteiger partial charge in [-0.1, -0.05) is 13.8 Å². The molecule has 0 aromatic carbocycles. The van der Waals surface area contributed by atoms with Crippen LogP contribution in [0.1, 0.15) is 30.8 Å². The van der Waals surface area contributed by atoms with Gasteiger partial charge in [0.1, 0.15) is 5.82 Å². The fourth-order valence-corrected chi connectivity index (χ4v) is 2.15. The van der Waals surface area contributed by atoms with E-state index >= 15 is 0 Å². The first kappa shape index (κ1) is 12.5. The van der Waals surface area contributed by atoms with Crippen LogP contribution < -0.4 is 5.56 Å². The number of aromatic nitrogens is 4. The standard InChI is InChI=1S/C13H18N4O/c1-5-9-8(3)14-12(15-13(9)18)10-7-17(4)16-11(10)6-2/h7H,5-6H2,1-4H3,(H,14,15,18). The van der Waals surface area contributed by atoms with Gasteiger partial charge in [-0.15, -0.1) is 0 Å². The van der Waals surface area contributed by atoms with Gasteiger partial charge < -0.3 is 4.98 Å². The predicted molar refractivity (Wildman–Crippen MR) is 70.6 cm³/mol. The van der Waals surface area contributed by atoms with Gasteiger partial charge in [0.25, 0.3) is 5.56 Å². The number of H-pyrrole nitrogens is 1. The van der Waals surface area contributed by atoms with Crippen molar-refractivity contribution in [2.24, 2.45) is 7.05 Å². The van der Waals surface area contributed by atoms with Crippen molar-refractivity contribution in [1.82, 2.24) is 19.7 Å². The van der Waals surface area contributed by atoms with E-state index in [0.717, 1.165) is 28.9 Å². The van der Waals surface area contributed by atoms with Gasteiger partial charge >= 0.3 is 0 Å². The zero-order chi connectivity index (χ0) is 13.3. The maximum Gasteiger partial charge on any atom is 0.254 e. The van der Waals surface area contributed by atoms with Crippen molar-refractivity contribution in [3.8, 4) is 11.4 Å². The quantitative estimate of drug-likeness (QED) is 0.894. The molecule has 18 heavy (non-hydrogen) atoms. The topological polar surface area (TPSA) is 63.6 Å². The molecule has 2 aromatic rings. The van der Waals surface area contributed by atoms with Gasteiger partial charge in [-0.3, -0.25) is 9.48 Å². The molecule has 2 rings (SSSR count). The Labute approximate surface area is 106 Å². The molecule has 2 aromatic heterocycles. The third-order valence-electron chi connectivity index (χ3n) is 3.07. The Hall–Kier alpha value is -1.91. The number of hydrogen-bond acceptors (Lipinski definition) is 3. The van der Waals surface area contributed by atoms with Crippen LogP contribution in [0.3, 0.4) is 0 Å². The van der Waals surface area contributed by atoms with Crippen LogP contribution in [-0.2, 0) is 19.9 Å². The van der Waals surface area contributed by atoms with Crippen LogP contribution in [0.5, 0.6) is 0 Å². The Bertz CT molecular complexity index is 624. The number of hydrogen-bond donors (Lipinski definition) is 1. The van der Waals surface area contributed by atoms with E-state index in [1.165, 1.54) is 0 Å².